The number of carbonyl (C=O) groups excluding carboxylic acids is 3. The number of ketones is 2. The quantitative estimate of drug-likeness (QED) is 0.444. The highest BCUT2D eigenvalue weighted by molar-refractivity contribution is 5.97. The van der Waals surface area contributed by atoms with Gasteiger partial charge in [-0.25, -0.2) is 0 Å². The third-order valence-electron chi connectivity index (χ3n) is 12.8. The third-order valence-corrected chi connectivity index (χ3v) is 12.8. The third kappa shape index (κ3) is 2.94. The molecule has 3 heterocycles. The van der Waals surface area contributed by atoms with Gasteiger partial charge in [-0.05, 0) is 69.8 Å². The molecule has 0 radical (unpaired) electrons. The molecule has 3 saturated heterocycles. The maximum Gasteiger partial charge on any atom is 0.309 e. The van der Waals surface area contributed by atoms with Crippen LogP contribution < -0.4 is 0 Å². The summed E-state index contributed by atoms with van der Waals surface area (Å²) < 4.78 is 19.2. The van der Waals surface area contributed by atoms with E-state index in [4.69, 9.17) is 14.2 Å². The summed E-state index contributed by atoms with van der Waals surface area (Å²) in [4.78, 5) is 41.7. The number of Topliss-reactive ketones (excluding diaryl/α,β-unsaturated/α-hetero) is 1. The molecule has 0 aromatic rings. The standard InChI is InChI=1S/C31H44O9/c1-7-29(36)13-12-17-19(14-20(32)18-10-9-11-21(33)27(17,18)5)30(37)24(34)23-26(4)15-22(39-25(35)16(26)3)28(6,38-8-2)31(23,29)40-30/h9,11,16-20,22-23,32,36-37H,7-8,10,12-15H2,1-6H3/t16-,17?,18?,19?,20-,22?,23?,26?,27+,28-,29-,30+,31-/m0/s1. The van der Waals surface area contributed by atoms with Crippen molar-refractivity contribution in [2.45, 2.75) is 115 Å². The highest BCUT2D eigenvalue weighted by Crippen LogP contribution is 2.72. The number of hydrogen-bond acceptors (Lipinski definition) is 9. The molecule has 0 aromatic heterocycles. The van der Waals surface area contributed by atoms with E-state index >= 15 is 0 Å². The number of aliphatic hydroxyl groups is 3. The fourth-order valence-corrected chi connectivity index (χ4v) is 10.4. The molecule has 40 heavy (non-hydrogen) atoms. The lowest BCUT2D eigenvalue weighted by atomic mass is 9.45. The molecular formula is C31H44O9. The largest absolute Gasteiger partial charge is 0.459 e. The van der Waals surface area contributed by atoms with Gasteiger partial charge < -0.3 is 29.5 Å². The number of rotatable bonds is 3. The average Bonchev–Trinajstić information content (AvgIpc) is 3.17. The number of allylic oxidation sites excluding steroid dienone is 2. The Morgan fingerprint density at radius 1 is 1.07 bits per heavy atom. The Morgan fingerprint density at radius 2 is 1.77 bits per heavy atom. The zero-order valence-electron chi connectivity index (χ0n) is 24.4. The first-order valence-electron chi connectivity index (χ1n) is 15.0. The van der Waals surface area contributed by atoms with Crippen molar-refractivity contribution in [1.82, 2.24) is 0 Å². The zero-order chi connectivity index (χ0) is 29.3. The number of ether oxygens (including phenoxy) is 3. The van der Waals surface area contributed by atoms with Crippen molar-refractivity contribution >= 4 is 17.5 Å². The maximum absolute atomic E-state index is 14.9. The normalized spacial score (nSPS) is 56.9. The second-order valence-electron chi connectivity index (χ2n) is 14.1. The lowest BCUT2D eigenvalue weighted by molar-refractivity contribution is -0.391. The van der Waals surface area contributed by atoms with Crippen molar-refractivity contribution < 1.29 is 43.9 Å². The summed E-state index contributed by atoms with van der Waals surface area (Å²) in [6.45, 7) is 11.0. The summed E-state index contributed by atoms with van der Waals surface area (Å²) in [5, 5.41) is 36.8. The van der Waals surface area contributed by atoms with Crippen LogP contribution in [0.25, 0.3) is 0 Å². The van der Waals surface area contributed by atoms with Crippen LogP contribution in [0.4, 0.5) is 0 Å². The van der Waals surface area contributed by atoms with Gasteiger partial charge >= 0.3 is 5.97 Å². The first-order chi connectivity index (χ1) is 18.6. The molecule has 3 aliphatic carbocycles. The average molecular weight is 561 g/mol. The molecule has 222 valence electrons. The highest BCUT2D eigenvalue weighted by Gasteiger charge is 2.86. The SMILES string of the molecule is CCO[C@@]1(C)C2CC(C)(C3C(=O)[C@]4(O)O[C@@]31[C@](O)(CC)CCC1C4C[C@H](O)C3CC=CC(=O)[C@]13C)[C@@H](C)C(=O)O2. The van der Waals surface area contributed by atoms with Gasteiger partial charge in [-0.1, -0.05) is 33.8 Å². The first-order valence-corrected chi connectivity index (χ1v) is 15.0. The van der Waals surface area contributed by atoms with E-state index in [1.165, 1.54) is 0 Å². The van der Waals surface area contributed by atoms with Crippen molar-refractivity contribution in [2.75, 3.05) is 6.61 Å². The van der Waals surface area contributed by atoms with Crippen molar-refractivity contribution in [3.8, 4) is 0 Å². The van der Waals surface area contributed by atoms with Crippen LogP contribution in [-0.2, 0) is 28.6 Å². The minimum absolute atomic E-state index is 0.0815. The van der Waals surface area contributed by atoms with Crippen LogP contribution in [0.3, 0.4) is 0 Å². The van der Waals surface area contributed by atoms with Gasteiger partial charge in [0.1, 0.15) is 17.3 Å². The molecule has 6 unspecified atom stereocenters. The van der Waals surface area contributed by atoms with Gasteiger partial charge in [0.05, 0.1) is 23.5 Å². The molecule has 6 rings (SSSR count). The predicted molar refractivity (Wildman–Crippen MR) is 142 cm³/mol. The van der Waals surface area contributed by atoms with Crippen LogP contribution in [0.2, 0.25) is 0 Å². The van der Waals surface area contributed by atoms with E-state index in [1.54, 1.807) is 32.9 Å². The molecule has 6 aliphatic rings. The van der Waals surface area contributed by atoms with Gasteiger partial charge in [0, 0.05) is 23.9 Å². The monoisotopic (exact) mass is 560 g/mol. The summed E-state index contributed by atoms with van der Waals surface area (Å²) in [6.07, 6.45) is 3.22. The Hall–Kier alpha value is -1.65. The predicted octanol–water partition coefficient (Wildman–Crippen LogP) is 2.48. The molecule has 1 spiro atoms. The lowest BCUT2D eigenvalue weighted by Gasteiger charge is -2.67. The van der Waals surface area contributed by atoms with Gasteiger partial charge in [-0.15, -0.1) is 0 Å². The number of fused-ring (bicyclic) bond motifs is 8. The van der Waals surface area contributed by atoms with Crippen LogP contribution >= 0.6 is 0 Å². The maximum atomic E-state index is 14.9. The summed E-state index contributed by atoms with van der Waals surface area (Å²) in [5.41, 5.74) is -6.90. The molecule has 5 fully saturated rings. The van der Waals surface area contributed by atoms with Crippen LogP contribution in [0, 0.1) is 40.4 Å². The van der Waals surface area contributed by atoms with E-state index in [0.29, 0.717) is 19.3 Å². The van der Waals surface area contributed by atoms with Crippen molar-refractivity contribution in [1.29, 1.82) is 0 Å². The smallest absolute Gasteiger partial charge is 0.309 e. The van der Waals surface area contributed by atoms with Gasteiger partial charge in [-0.2, -0.15) is 0 Å². The fraction of sp³-hybridized carbons (Fsp3) is 0.839. The summed E-state index contributed by atoms with van der Waals surface area (Å²) >= 11 is 0. The minimum atomic E-state index is -2.41. The van der Waals surface area contributed by atoms with E-state index < -0.39 is 81.1 Å². The summed E-state index contributed by atoms with van der Waals surface area (Å²) in [7, 11) is 0. The van der Waals surface area contributed by atoms with Gasteiger partial charge in [0.15, 0.2) is 11.6 Å². The molecule has 9 nitrogen and oxygen atoms in total. The first kappa shape index (κ1) is 28.5. The van der Waals surface area contributed by atoms with Crippen LogP contribution in [0.5, 0.6) is 0 Å². The number of carbonyl (C=O) groups is 3. The Balaban J connectivity index is 1.63. The molecular weight excluding hydrogens is 516 g/mol. The minimum Gasteiger partial charge on any atom is -0.459 e. The topological polar surface area (TPSA) is 140 Å². The van der Waals surface area contributed by atoms with Crippen LogP contribution in [-0.4, -0.2) is 74.3 Å². The molecule has 3 N–H and O–H groups in total. The molecule has 2 saturated carbocycles. The molecule has 3 aliphatic heterocycles. The number of hydrogen-bond donors (Lipinski definition) is 3. The van der Waals surface area contributed by atoms with Crippen LogP contribution in [0.1, 0.15) is 80.1 Å². The van der Waals surface area contributed by atoms with Crippen molar-refractivity contribution in [3.05, 3.63) is 12.2 Å². The van der Waals surface area contributed by atoms with Crippen LogP contribution in [0.15, 0.2) is 12.2 Å². The van der Waals surface area contributed by atoms with Crippen molar-refractivity contribution in [3.63, 3.8) is 0 Å². The van der Waals surface area contributed by atoms with E-state index in [-0.39, 0.29) is 37.6 Å². The Morgan fingerprint density at radius 3 is 2.42 bits per heavy atom. The summed E-state index contributed by atoms with van der Waals surface area (Å²) in [6, 6.07) is 0. The molecule has 4 bridgehead atoms. The molecule has 0 aromatic carbocycles. The second kappa shape index (κ2) is 8.47. The fourth-order valence-electron chi connectivity index (χ4n) is 10.4. The zero-order valence-corrected chi connectivity index (χ0v) is 24.4. The highest BCUT2D eigenvalue weighted by atomic mass is 16.7. The van der Waals surface area contributed by atoms with Crippen molar-refractivity contribution in [2.24, 2.45) is 40.4 Å². The van der Waals surface area contributed by atoms with Gasteiger partial charge in [0.2, 0.25) is 5.79 Å². The number of esters is 1. The Bertz CT molecular complexity index is 1180. The molecule has 0 amide bonds. The van der Waals surface area contributed by atoms with Gasteiger partial charge in [0.25, 0.3) is 0 Å². The summed E-state index contributed by atoms with van der Waals surface area (Å²) in [5.74, 6) is -7.17. The second-order valence-corrected chi connectivity index (χ2v) is 14.1. The molecule has 13 atom stereocenters. The molecule has 9 heteroatoms. The Kier molecular flexibility index (Phi) is 6.03. The van der Waals surface area contributed by atoms with E-state index in [0.717, 1.165) is 0 Å². The Labute approximate surface area is 235 Å². The van der Waals surface area contributed by atoms with Gasteiger partial charge in [-0.3, -0.25) is 14.4 Å². The number of aliphatic hydroxyl groups excluding tert-OH is 1. The van der Waals surface area contributed by atoms with E-state index in [1.807, 2.05) is 20.8 Å². The van der Waals surface area contributed by atoms with E-state index in [9.17, 15) is 29.7 Å². The van der Waals surface area contributed by atoms with E-state index in [2.05, 4.69) is 0 Å². The lowest BCUT2D eigenvalue weighted by Crippen LogP contribution is -2.81.